The third kappa shape index (κ3) is 5.91. The number of methoxy groups -OCH3 is 1. The first-order valence-corrected chi connectivity index (χ1v) is 15.5. The molecule has 2 aromatic carbocycles. The molecular formula is C30H26F5N7O4S. The Kier molecular flexibility index (Phi) is 8.21. The van der Waals surface area contributed by atoms with Gasteiger partial charge in [0, 0.05) is 50.6 Å². The molecule has 3 aromatic heterocycles. The molecule has 47 heavy (non-hydrogen) atoms. The van der Waals surface area contributed by atoms with Crippen molar-refractivity contribution in [1.82, 2.24) is 29.0 Å². The molecule has 0 radical (unpaired) electrons. The fraction of sp³-hybridized carbons (Fsp3) is 0.267. The summed E-state index contributed by atoms with van der Waals surface area (Å²) in [4.78, 5) is 14.8. The van der Waals surface area contributed by atoms with Gasteiger partial charge in [-0.25, -0.2) is 31.8 Å². The van der Waals surface area contributed by atoms with Gasteiger partial charge in [-0.3, -0.25) is 0 Å². The topological polar surface area (TPSA) is 127 Å². The standard InChI is InChI=1S/C30H26F5N7O4S/c1-40-28-21(26(39-40)20-13-22(30(33,34)35)25(32)27(43)24(20)31)15-37-29(38-28)42-11-10-41(16-18(42)12-17-6-4-3-5-7-17)47(44,45)19-8-9-23(46-2)36-14-19/h3-9,13-15,18,43H,10-12,16H2,1-2H3/t18-/m1/s1. The second-order valence-electron chi connectivity index (χ2n) is 10.8. The number of ether oxygens (including phenoxy) is 1. The Balaban J connectivity index is 1.37. The van der Waals surface area contributed by atoms with Crippen LogP contribution in [0.5, 0.6) is 11.6 Å². The molecule has 0 bridgehead atoms. The summed E-state index contributed by atoms with van der Waals surface area (Å²) in [5, 5.41) is 14.0. The van der Waals surface area contributed by atoms with Crippen molar-refractivity contribution in [2.45, 2.75) is 23.5 Å². The summed E-state index contributed by atoms with van der Waals surface area (Å²) in [5.74, 6) is -5.10. The lowest BCUT2D eigenvalue weighted by atomic mass is 10.0. The quantitative estimate of drug-likeness (QED) is 0.247. The molecule has 0 spiro atoms. The van der Waals surface area contributed by atoms with Gasteiger partial charge in [-0.05, 0) is 24.1 Å². The molecule has 1 atom stereocenters. The fourth-order valence-electron chi connectivity index (χ4n) is 5.53. The van der Waals surface area contributed by atoms with Gasteiger partial charge in [0.25, 0.3) is 0 Å². The first kappa shape index (κ1) is 32.1. The number of benzene rings is 2. The maximum absolute atomic E-state index is 15.0. The van der Waals surface area contributed by atoms with E-state index in [9.17, 15) is 35.5 Å². The molecule has 0 amide bonds. The van der Waals surface area contributed by atoms with Crippen LogP contribution >= 0.6 is 0 Å². The van der Waals surface area contributed by atoms with Crippen LogP contribution in [-0.2, 0) is 29.7 Å². The van der Waals surface area contributed by atoms with Crippen LogP contribution < -0.4 is 9.64 Å². The molecule has 5 aromatic rings. The number of phenols is 1. The van der Waals surface area contributed by atoms with Crippen LogP contribution in [0.4, 0.5) is 27.9 Å². The maximum atomic E-state index is 15.0. The second-order valence-corrected chi connectivity index (χ2v) is 12.7. The van der Waals surface area contributed by atoms with Crippen molar-refractivity contribution >= 4 is 27.0 Å². The average molecular weight is 676 g/mol. The molecular weight excluding hydrogens is 649 g/mol. The van der Waals surface area contributed by atoms with Crippen LogP contribution in [0.1, 0.15) is 11.1 Å². The summed E-state index contributed by atoms with van der Waals surface area (Å²) in [6, 6.07) is 12.0. The predicted octanol–water partition coefficient (Wildman–Crippen LogP) is 4.56. The minimum absolute atomic E-state index is 0.00182. The molecule has 1 fully saturated rings. The lowest BCUT2D eigenvalue weighted by Crippen LogP contribution is -2.56. The van der Waals surface area contributed by atoms with E-state index in [2.05, 4.69) is 20.1 Å². The van der Waals surface area contributed by atoms with Gasteiger partial charge in [0.2, 0.25) is 21.9 Å². The number of rotatable bonds is 7. The van der Waals surface area contributed by atoms with Crippen LogP contribution in [0.3, 0.4) is 0 Å². The molecule has 1 saturated heterocycles. The van der Waals surface area contributed by atoms with Crippen molar-refractivity contribution in [2.24, 2.45) is 7.05 Å². The summed E-state index contributed by atoms with van der Waals surface area (Å²) in [6.45, 7) is 0.297. The molecule has 0 unspecified atom stereocenters. The monoisotopic (exact) mass is 675 g/mol. The number of fused-ring (bicyclic) bond motifs is 1. The Morgan fingerprint density at radius 2 is 1.77 bits per heavy atom. The predicted molar refractivity (Wildman–Crippen MR) is 159 cm³/mol. The molecule has 1 N–H and O–H groups in total. The number of hydrogen-bond acceptors (Lipinski definition) is 9. The van der Waals surface area contributed by atoms with E-state index in [0.29, 0.717) is 6.42 Å². The van der Waals surface area contributed by atoms with Gasteiger partial charge < -0.3 is 14.7 Å². The number of sulfonamides is 1. The summed E-state index contributed by atoms with van der Waals surface area (Å²) in [5.41, 5.74) is -1.95. The van der Waals surface area contributed by atoms with Crippen LogP contribution in [0.2, 0.25) is 0 Å². The minimum atomic E-state index is -5.22. The number of phenolic OH excluding ortho intramolecular Hbond substituents is 1. The smallest absolute Gasteiger partial charge is 0.419 e. The summed E-state index contributed by atoms with van der Waals surface area (Å²) in [6.07, 6.45) is -2.33. The van der Waals surface area contributed by atoms with Gasteiger partial charge in [-0.15, -0.1) is 0 Å². The van der Waals surface area contributed by atoms with E-state index in [4.69, 9.17) is 4.74 Å². The molecule has 246 valence electrons. The number of alkyl halides is 3. The van der Waals surface area contributed by atoms with Crippen LogP contribution in [0.15, 0.2) is 65.8 Å². The zero-order chi connectivity index (χ0) is 33.7. The zero-order valence-corrected chi connectivity index (χ0v) is 25.6. The number of hydrogen-bond donors (Lipinski definition) is 1. The number of nitrogens with zero attached hydrogens (tertiary/aromatic N) is 7. The third-order valence-corrected chi connectivity index (χ3v) is 9.73. The number of aryl methyl sites for hydroxylation is 1. The summed E-state index contributed by atoms with van der Waals surface area (Å²) >= 11 is 0. The molecule has 4 heterocycles. The van der Waals surface area contributed by atoms with Crippen LogP contribution in [0, 0.1) is 11.6 Å². The Labute approximate surface area is 264 Å². The van der Waals surface area contributed by atoms with E-state index in [1.54, 1.807) is 0 Å². The molecule has 17 heteroatoms. The number of anilines is 1. The van der Waals surface area contributed by atoms with Crippen molar-refractivity contribution in [1.29, 1.82) is 0 Å². The molecule has 1 aliphatic rings. The van der Waals surface area contributed by atoms with Crippen molar-refractivity contribution in [3.8, 4) is 22.9 Å². The van der Waals surface area contributed by atoms with E-state index in [1.807, 2.05) is 35.2 Å². The SMILES string of the molecule is COc1ccc(S(=O)(=O)N2CCN(c3ncc4c(-c5cc(C(F)(F)F)c(F)c(O)c5F)nn(C)c4n3)[C@H](Cc3ccccc3)C2)cn1. The Morgan fingerprint density at radius 1 is 1.02 bits per heavy atom. The van der Waals surface area contributed by atoms with Crippen LogP contribution in [0.25, 0.3) is 22.3 Å². The van der Waals surface area contributed by atoms with E-state index >= 15 is 0 Å². The highest BCUT2D eigenvalue weighted by Crippen LogP contribution is 2.41. The number of halogens is 5. The number of aromatic hydroxyl groups is 1. The second kappa shape index (κ2) is 12.0. The first-order chi connectivity index (χ1) is 22.3. The molecule has 6 rings (SSSR count). The Hall–Kier alpha value is -4.90. The maximum Gasteiger partial charge on any atom is 0.419 e. The number of piperazine rings is 1. The highest BCUT2D eigenvalue weighted by molar-refractivity contribution is 7.89. The number of pyridine rings is 1. The van der Waals surface area contributed by atoms with E-state index in [-0.39, 0.29) is 59.2 Å². The first-order valence-electron chi connectivity index (χ1n) is 14.1. The van der Waals surface area contributed by atoms with Crippen molar-refractivity contribution < 1.29 is 40.2 Å². The Morgan fingerprint density at radius 3 is 2.43 bits per heavy atom. The van der Waals surface area contributed by atoms with Gasteiger partial charge in [-0.2, -0.15) is 27.6 Å². The molecule has 0 aliphatic carbocycles. The van der Waals surface area contributed by atoms with Crippen molar-refractivity contribution in [3.63, 3.8) is 0 Å². The highest BCUT2D eigenvalue weighted by atomic mass is 32.2. The van der Waals surface area contributed by atoms with Crippen LogP contribution in [-0.4, -0.2) is 75.3 Å². The Bertz CT molecular complexity index is 2060. The molecule has 0 saturated carbocycles. The van der Waals surface area contributed by atoms with Crippen molar-refractivity contribution in [3.05, 3.63) is 83.7 Å². The van der Waals surface area contributed by atoms with Crippen molar-refractivity contribution in [2.75, 3.05) is 31.6 Å². The van der Waals surface area contributed by atoms with Gasteiger partial charge in [0.05, 0.1) is 24.3 Å². The third-order valence-electron chi connectivity index (χ3n) is 7.88. The van der Waals surface area contributed by atoms with E-state index < -0.39 is 50.8 Å². The normalized spacial score (nSPS) is 16.1. The molecule has 11 nitrogen and oxygen atoms in total. The van der Waals surface area contributed by atoms with E-state index in [1.165, 1.54) is 47.7 Å². The van der Waals surface area contributed by atoms with Gasteiger partial charge >= 0.3 is 6.18 Å². The average Bonchev–Trinajstić information content (AvgIpc) is 3.38. The lowest BCUT2D eigenvalue weighted by Gasteiger charge is -2.41. The lowest BCUT2D eigenvalue weighted by molar-refractivity contribution is -0.140. The summed E-state index contributed by atoms with van der Waals surface area (Å²) < 4.78 is 104. The minimum Gasteiger partial charge on any atom is -0.503 e. The van der Waals surface area contributed by atoms with Gasteiger partial charge in [-0.1, -0.05) is 30.3 Å². The van der Waals surface area contributed by atoms with Gasteiger partial charge in [0.15, 0.2) is 23.0 Å². The largest absolute Gasteiger partial charge is 0.503 e. The summed E-state index contributed by atoms with van der Waals surface area (Å²) in [7, 11) is -1.08. The fourth-order valence-corrected chi connectivity index (χ4v) is 6.94. The van der Waals surface area contributed by atoms with Gasteiger partial charge in [0.1, 0.15) is 10.6 Å². The highest BCUT2D eigenvalue weighted by Gasteiger charge is 2.39. The zero-order valence-electron chi connectivity index (χ0n) is 24.8. The number of aromatic nitrogens is 5. The van der Waals surface area contributed by atoms with E-state index in [0.717, 1.165) is 5.56 Å². The molecule has 1 aliphatic heterocycles.